The zero-order chi connectivity index (χ0) is 9.42. The standard InChI is InChI=1S/C8H5FN2O2/c9-4-1-2-5-7(11-3-10-5)6(4)8(12)13/h1-3H,(H,10,11)(H,12,13). The normalized spacial score (nSPS) is 10.5. The molecule has 0 spiro atoms. The van der Waals surface area contributed by atoms with E-state index in [-0.39, 0.29) is 5.52 Å². The van der Waals surface area contributed by atoms with Crippen molar-refractivity contribution < 1.29 is 14.3 Å². The minimum Gasteiger partial charge on any atom is -0.478 e. The molecule has 0 saturated heterocycles. The second-order valence-electron chi connectivity index (χ2n) is 2.53. The number of aromatic nitrogens is 2. The zero-order valence-corrected chi connectivity index (χ0v) is 6.41. The van der Waals surface area contributed by atoms with Gasteiger partial charge in [-0.1, -0.05) is 0 Å². The number of nitrogens with zero attached hydrogens (tertiary/aromatic N) is 1. The van der Waals surface area contributed by atoms with Gasteiger partial charge in [0.25, 0.3) is 0 Å². The number of carboxylic acids is 1. The number of carboxylic acid groups (broad SMARTS) is 1. The number of rotatable bonds is 1. The largest absolute Gasteiger partial charge is 0.478 e. The van der Waals surface area contributed by atoms with Crippen molar-refractivity contribution in [3.8, 4) is 0 Å². The fourth-order valence-electron chi connectivity index (χ4n) is 1.19. The highest BCUT2D eigenvalue weighted by Gasteiger charge is 2.15. The summed E-state index contributed by atoms with van der Waals surface area (Å²) < 4.78 is 13.0. The van der Waals surface area contributed by atoms with E-state index in [0.29, 0.717) is 5.52 Å². The molecule has 4 nitrogen and oxygen atoms in total. The predicted molar refractivity (Wildman–Crippen MR) is 43.0 cm³/mol. The molecule has 0 unspecified atom stereocenters. The lowest BCUT2D eigenvalue weighted by atomic mass is 10.2. The lowest BCUT2D eigenvalue weighted by Crippen LogP contribution is -2.01. The van der Waals surface area contributed by atoms with Crippen LogP contribution >= 0.6 is 0 Å². The Bertz CT molecular complexity index is 478. The summed E-state index contributed by atoms with van der Waals surface area (Å²) in [7, 11) is 0. The van der Waals surface area contributed by atoms with Crippen LogP contribution in [0.2, 0.25) is 0 Å². The lowest BCUT2D eigenvalue weighted by molar-refractivity contribution is 0.0694. The van der Waals surface area contributed by atoms with Crippen LogP contribution in [-0.4, -0.2) is 21.0 Å². The third kappa shape index (κ3) is 1.05. The molecule has 5 heteroatoms. The number of imidazole rings is 1. The second-order valence-corrected chi connectivity index (χ2v) is 2.53. The van der Waals surface area contributed by atoms with Crippen LogP contribution in [0.1, 0.15) is 10.4 Å². The number of fused-ring (bicyclic) bond motifs is 1. The Morgan fingerprint density at radius 1 is 1.54 bits per heavy atom. The van der Waals surface area contributed by atoms with Crippen molar-refractivity contribution in [1.82, 2.24) is 9.97 Å². The topological polar surface area (TPSA) is 66.0 Å². The van der Waals surface area contributed by atoms with E-state index in [0.717, 1.165) is 6.07 Å². The van der Waals surface area contributed by atoms with Crippen molar-refractivity contribution in [2.24, 2.45) is 0 Å². The maximum atomic E-state index is 13.0. The molecule has 1 heterocycles. The molecule has 0 saturated carbocycles. The summed E-state index contributed by atoms with van der Waals surface area (Å²) in [6, 6.07) is 2.55. The van der Waals surface area contributed by atoms with Crippen molar-refractivity contribution in [2.75, 3.05) is 0 Å². The maximum absolute atomic E-state index is 13.0. The van der Waals surface area contributed by atoms with Crippen LogP contribution in [0, 0.1) is 5.82 Å². The molecule has 0 atom stereocenters. The minimum atomic E-state index is -1.31. The third-order valence-electron chi connectivity index (χ3n) is 1.75. The Kier molecular flexibility index (Phi) is 1.51. The smallest absolute Gasteiger partial charge is 0.340 e. The van der Waals surface area contributed by atoms with Gasteiger partial charge in [-0.3, -0.25) is 0 Å². The summed E-state index contributed by atoms with van der Waals surface area (Å²) in [6.07, 6.45) is 1.33. The first-order valence-corrected chi connectivity index (χ1v) is 3.55. The number of aromatic carboxylic acids is 1. The maximum Gasteiger partial charge on any atom is 0.340 e. The number of benzene rings is 1. The monoisotopic (exact) mass is 180 g/mol. The Morgan fingerprint density at radius 2 is 2.31 bits per heavy atom. The summed E-state index contributed by atoms with van der Waals surface area (Å²) in [5, 5.41) is 8.69. The van der Waals surface area contributed by atoms with Gasteiger partial charge in [-0.15, -0.1) is 0 Å². The fourth-order valence-corrected chi connectivity index (χ4v) is 1.19. The van der Waals surface area contributed by atoms with Crippen LogP contribution in [0.15, 0.2) is 18.5 Å². The Balaban J connectivity index is 2.88. The first-order chi connectivity index (χ1) is 6.20. The number of aromatic amines is 1. The number of H-pyrrole nitrogens is 1. The van der Waals surface area contributed by atoms with Gasteiger partial charge in [0.1, 0.15) is 16.9 Å². The van der Waals surface area contributed by atoms with Gasteiger partial charge in [0.15, 0.2) is 0 Å². The van der Waals surface area contributed by atoms with E-state index < -0.39 is 17.3 Å². The first-order valence-electron chi connectivity index (χ1n) is 3.55. The Morgan fingerprint density at radius 3 is 3.00 bits per heavy atom. The van der Waals surface area contributed by atoms with E-state index in [1.807, 2.05) is 0 Å². The molecule has 0 fully saturated rings. The molecule has 2 N–H and O–H groups in total. The van der Waals surface area contributed by atoms with Gasteiger partial charge in [0, 0.05) is 0 Å². The minimum absolute atomic E-state index is 0.146. The van der Waals surface area contributed by atoms with Crippen molar-refractivity contribution in [3.63, 3.8) is 0 Å². The zero-order valence-electron chi connectivity index (χ0n) is 6.41. The molecule has 0 amide bonds. The molecular formula is C8H5FN2O2. The first kappa shape index (κ1) is 7.72. The van der Waals surface area contributed by atoms with Crippen LogP contribution in [0.25, 0.3) is 11.0 Å². The van der Waals surface area contributed by atoms with E-state index >= 15 is 0 Å². The number of halogens is 1. The van der Waals surface area contributed by atoms with Crippen molar-refractivity contribution in [1.29, 1.82) is 0 Å². The molecule has 66 valence electrons. The quantitative estimate of drug-likeness (QED) is 0.697. The van der Waals surface area contributed by atoms with E-state index in [9.17, 15) is 9.18 Å². The SMILES string of the molecule is O=C(O)c1c(F)ccc2[nH]cnc12. The molecule has 0 aliphatic heterocycles. The molecule has 0 bridgehead atoms. The lowest BCUT2D eigenvalue weighted by Gasteiger charge is -1.96. The number of hydrogen-bond acceptors (Lipinski definition) is 2. The summed E-state index contributed by atoms with van der Waals surface area (Å²) >= 11 is 0. The van der Waals surface area contributed by atoms with Crippen molar-refractivity contribution >= 4 is 17.0 Å². The van der Waals surface area contributed by atoms with Gasteiger partial charge < -0.3 is 10.1 Å². The van der Waals surface area contributed by atoms with Crippen molar-refractivity contribution in [3.05, 3.63) is 29.8 Å². The summed E-state index contributed by atoms with van der Waals surface area (Å²) in [5.41, 5.74) is 0.269. The average Bonchev–Trinajstić information content (AvgIpc) is 2.50. The Hall–Kier alpha value is -1.91. The van der Waals surface area contributed by atoms with Gasteiger partial charge in [-0.25, -0.2) is 14.2 Å². The Labute approximate surface area is 72.0 Å². The van der Waals surface area contributed by atoms with E-state index in [4.69, 9.17) is 5.11 Å². The van der Waals surface area contributed by atoms with E-state index in [1.165, 1.54) is 12.4 Å². The van der Waals surface area contributed by atoms with Gasteiger partial charge >= 0.3 is 5.97 Å². The van der Waals surface area contributed by atoms with Gasteiger partial charge in [0.05, 0.1) is 11.8 Å². The van der Waals surface area contributed by atoms with Gasteiger partial charge in [0.2, 0.25) is 0 Å². The highest BCUT2D eigenvalue weighted by Crippen LogP contribution is 2.17. The number of carbonyl (C=O) groups is 1. The van der Waals surface area contributed by atoms with Gasteiger partial charge in [-0.2, -0.15) is 0 Å². The molecule has 0 aliphatic carbocycles. The molecule has 0 aliphatic rings. The molecule has 0 radical (unpaired) electrons. The van der Waals surface area contributed by atoms with E-state index in [1.54, 1.807) is 0 Å². The van der Waals surface area contributed by atoms with Gasteiger partial charge in [-0.05, 0) is 12.1 Å². The predicted octanol–water partition coefficient (Wildman–Crippen LogP) is 1.40. The summed E-state index contributed by atoms with van der Waals surface area (Å²) in [4.78, 5) is 17.1. The average molecular weight is 180 g/mol. The molecule has 1 aromatic carbocycles. The molecular weight excluding hydrogens is 175 g/mol. The molecule has 1 aromatic heterocycles. The van der Waals surface area contributed by atoms with Crippen LogP contribution in [0.5, 0.6) is 0 Å². The van der Waals surface area contributed by atoms with Crippen molar-refractivity contribution in [2.45, 2.75) is 0 Å². The van der Waals surface area contributed by atoms with Crippen LogP contribution in [0.4, 0.5) is 4.39 Å². The fraction of sp³-hybridized carbons (Fsp3) is 0. The van der Waals surface area contributed by atoms with Crippen LogP contribution < -0.4 is 0 Å². The number of hydrogen-bond donors (Lipinski definition) is 2. The molecule has 2 aromatic rings. The third-order valence-corrected chi connectivity index (χ3v) is 1.75. The molecule has 13 heavy (non-hydrogen) atoms. The second kappa shape index (κ2) is 2.55. The van der Waals surface area contributed by atoms with Crippen LogP contribution in [-0.2, 0) is 0 Å². The highest BCUT2D eigenvalue weighted by atomic mass is 19.1. The summed E-state index contributed by atoms with van der Waals surface area (Å²) in [5.74, 6) is -2.08. The van der Waals surface area contributed by atoms with Crippen LogP contribution in [0.3, 0.4) is 0 Å². The number of nitrogens with one attached hydrogen (secondary N) is 1. The van der Waals surface area contributed by atoms with E-state index in [2.05, 4.69) is 9.97 Å². The highest BCUT2D eigenvalue weighted by molar-refractivity contribution is 6.00. The molecule has 2 rings (SSSR count). The summed E-state index contributed by atoms with van der Waals surface area (Å²) in [6.45, 7) is 0.